The van der Waals surface area contributed by atoms with Crippen molar-refractivity contribution in [3.63, 3.8) is 0 Å². The van der Waals surface area contributed by atoms with Gasteiger partial charge in [-0.05, 0) is 30.0 Å². The van der Waals surface area contributed by atoms with Gasteiger partial charge in [0.2, 0.25) is 0 Å². The molecule has 1 N–H and O–H groups in total. The molecule has 92 valence electrons. The van der Waals surface area contributed by atoms with Crippen LogP contribution in [0, 0.1) is 0 Å². The molecule has 0 bridgehead atoms. The normalized spacial score (nSPS) is 17.6. The Morgan fingerprint density at radius 2 is 2.28 bits per heavy atom. The van der Waals surface area contributed by atoms with Crippen LogP contribution in [-0.2, 0) is 6.42 Å². The van der Waals surface area contributed by atoms with Crippen LogP contribution in [-0.4, -0.2) is 9.97 Å². The number of nitrogens with zero attached hydrogens (tertiary/aromatic N) is 2. The highest BCUT2D eigenvalue weighted by atomic mass is 79.9. The first-order chi connectivity index (χ1) is 8.75. The third kappa shape index (κ3) is 2.10. The van der Waals surface area contributed by atoms with Crippen molar-refractivity contribution in [2.24, 2.45) is 0 Å². The second-order valence-corrected chi connectivity index (χ2v) is 5.52. The summed E-state index contributed by atoms with van der Waals surface area (Å²) < 4.78 is 1.18. The second-order valence-electron chi connectivity index (χ2n) is 4.26. The average molecular weight is 325 g/mol. The van der Waals surface area contributed by atoms with E-state index in [1.54, 1.807) is 6.20 Å². The van der Waals surface area contributed by atoms with Gasteiger partial charge in [-0.1, -0.05) is 39.7 Å². The molecule has 0 saturated carbocycles. The minimum Gasteiger partial charge on any atom is -0.362 e. The summed E-state index contributed by atoms with van der Waals surface area (Å²) in [6.07, 6.45) is 5.23. The zero-order valence-electron chi connectivity index (χ0n) is 9.53. The minimum absolute atomic E-state index is 0.268. The van der Waals surface area contributed by atoms with Crippen molar-refractivity contribution in [3.05, 3.63) is 51.3 Å². The molecule has 1 aromatic carbocycles. The van der Waals surface area contributed by atoms with Crippen LogP contribution in [0.3, 0.4) is 0 Å². The third-order valence-corrected chi connectivity index (χ3v) is 4.21. The van der Waals surface area contributed by atoms with Crippen LogP contribution in [0.4, 0.5) is 5.82 Å². The van der Waals surface area contributed by atoms with E-state index in [0.29, 0.717) is 10.8 Å². The zero-order valence-corrected chi connectivity index (χ0v) is 11.9. The van der Waals surface area contributed by atoms with E-state index in [4.69, 9.17) is 11.6 Å². The Balaban J connectivity index is 1.90. The molecule has 0 spiro atoms. The van der Waals surface area contributed by atoms with Crippen LogP contribution >= 0.6 is 27.5 Å². The van der Waals surface area contributed by atoms with Crippen molar-refractivity contribution in [1.29, 1.82) is 0 Å². The second kappa shape index (κ2) is 4.86. The summed E-state index contributed by atoms with van der Waals surface area (Å²) in [7, 11) is 0. The van der Waals surface area contributed by atoms with Crippen LogP contribution in [0.1, 0.15) is 23.6 Å². The highest BCUT2D eigenvalue weighted by Crippen LogP contribution is 2.37. The molecule has 1 atom stereocenters. The molecular weight excluding hydrogens is 314 g/mol. The first kappa shape index (κ1) is 11.9. The quantitative estimate of drug-likeness (QED) is 0.907. The Kier molecular flexibility index (Phi) is 3.22. The summed E-state index contributed by atoms with van der Waals surface area (Å²) in [6, 6.07) is 6.56. The van der Waals surface area contributed by atoms with E-state index in [1.807, 2.05) is 0 Å². The lowest BCUT2D eigenvalue weighted by molar-refractivity contribution is 0.756. The third-order valence-electron chi connectivity index (χ3n) is 3.19. The maximum atomic E-state index is 6.06. The van der Waals surface area contributed by atoms with Gasteiger partial charge in [-0.2, -0.15) is 0 Å². The van der Waals surface area contributed by atoms with Crippen molar-refractivity contribution in [2.45, 2.75) is 18.9 Å². The van der Waals surface area contributed by atoms with Gasteiger partial charge in [0.25, 0.3) is 0 Å². The van der Waals surface area contributed by atoms with Crippen molar-refractivity contribution in [1.82, 2.24) is 9.97 Å². The molecular formula is C13H11BrClN3. The van der Waals surface area contributed by atoms with Crippen molar-refractivity contribution < 1.29 is 0 Å². The van der Waals surface area contributed by atoms with Gasteiger partial charge in [-0.25, -0.2) is 9.97 Å². The SMILES string of the molecule is Clc1cncnc1NC1CCc2c(Br)cccc21. The molecule has 3 rings (SSSR count). The van der Waals surface area contributed by atoms with E-state index >= 15 is 0 Å². The average Bonchev–Trinajstić information content (AvgIpc) is 2.77. The Hall–Kier alpha value is -1.13. The van der Waals surface area contributed by atoms with Gasteiger partial charge in [-0.3, -0.25) is 0 Å². The molecule has 1 aliphatic carbocycles. The first-order valence-corrected chi connectivity index (χ1v) is 6.92. The van der Waals surface area contributed by atoms with Crippen molar-refractivity contribution in [3.8, 4) is 0 Å². The molecule has 1 heterocycles. The molecule has 0 amide bonds. The molecule has 5 heteroatoms. The number of aromatic nitrogens is 2. The van der Waals surface area contributed by atoms with Gasteiger partial charge < -0.3 is 5.32 Å². The van der Waals surface area contributed by atoms with E-state index in [0.717, 1.165) is 12.8 Å². The van der Waals surface area contributed by atoms with Crippen LogP contribution in [0.25, 0.3) is 0 Å². The van der Waals surface area contributed by atoms with Crippen molar-refractivity contribution in [2.75, 3.05) is 5.32 Å². The van der Waals surface area contributed by atoms with Crippen LogP contribution in [0.5, 0.6) is 0 Å². The van der Waals surface area contributed by atoms with E-state index in [9.17, 15) is 0 Å². The summed E-state index contributed by atoms with van der Waals surface area (Å²) in [5.74, 6) is 0.699. The van der Waals surface area contributed by atoms with Gasteiger partial charge in [-0.15, -0.1) is 0 Å². The number of benzene rings is 1. The lowest BCUT2D eigenvalue weighted by Gasteiger charge is -2.15. The zero-order chi connectivity index (χ0) is 12.5. The fourth-order valence-electron chi connectivity index (χ4n) is 2.34. The van der Waals surface area contributed by atoms with E-state index in [-0.39, 0.29) is 6.04 Å². The maximum Gasteiger partial charge on any atom is 0.148 e. The van der Waals surface area contributed by atoms with Crippen molar-refractivity contribution >= 4 is 33.3 Å². The molecule has 0 saturated heterocycles. The molecule has 0 aliphatic heterocycles. The standard InChI is InChI=1S/C13H11BrClN3/c14-10-3-1-2-9-8(10)4-5-12(9)18-13-11(15)6-16-7-17-13/h1-3,6-7,12H,4-5H2,(H,16,17,18). The van der Waals surface area contributed by atoms with Crippen LogP contribution in [0.15, 0.2) is 35.2 Å². The van der Waals surface area contributed by atoms with Gasteiger partial charge in [0.05, 0.1) is 12.2 Å². The maximum absolute atomic E-state index is 6.06. The molecule has 1 unspecified atom stereocenters. The number of hydrogen-bond acceptors (Lipinski definition) is 3. The lowest BCUT2D eigenvalue weighted by atomic mass is 10.1. The number of nitrogens with one attached hydrogen (secondary N) is 1. The molecule has 0 radical (unpaired) electrons. The monoisotopic (exact) mass is 323 g/mol. The fraction of sp³-hybridized carbons (Fsp3) is 0.231. The number of fused-ring (bicyclic) bond motifs is 1. The van der Waals surface area contributed by atoms with E-state index in [2.05, 4.69) is 49.4 Å². The number of hydrogen-bond donors (Lipinski definition) is 1. The topological polar surface area (TPSA) is 37.8 Å². The summed E-state index contributed by atoms with van der Waals surface area (Å²) >= 11 is 9.66. The fourth-order valence-corrected chi connectivity index (χ4v) is 3.08. The Morgan fingerprint density at radius 3 is 3.11 bits per heavy atom. The Labute approximate surface area is 119 Å². The predicted molar refractivity (Wildman–Crippen MR) is 75.9 cm³/mol. The highest BCUT2D eigenvalue weighted by Gasteiger charge is 2.24. The highest BCUT2D eigenvalue weighted by molar-refractivity contribution is 9.10. The summed E-state index contributed by atoms with van der Waals surface area (Å²) in [5, 5.41) is 3.95. The first-order valence-electron chi connectivity index (χ1n) is 5.75. The van der Waals surface area contributed by atoms with Gasteiger partial charge in [0, 0.05) is 4.47 Å². The number of anilines is 1. The largest absolute Gasteiger partial charge is 0.362 e. The Morgan fingerprint density at radius 1 is 1.39 bits per heavy atom. The predicted octanol–water partition coefficient (Wildman–Crippen LogP) is 3.99. The molecule has 2 aromatic rings. The summed E-state index contributed by atoms with van der Waals surface area (Å²) in [6.45, 7) is 0. The molecule has 0 fully saturated rings. The van der Waals surface area contributed by atoms with E-state index < -0.39 is 0 Å². The summed E-state index contributed by atoms with van der Waals surface area (Å²) in [5.41, 5.74) is 2.69. The molecule has 18 heavy (non-hydrogen) atoms. The van der Waals surface area contributed by atoms with Crippen LogP contribution < -0.4 is 5.32 Å². The summed E-state index contributed by atoms with van der Waals surface area (Å²) in [4.78, 5) is 8.06. The minimum atomic E-state index is 0.268. The number of rotatable bonds is 2. The molecule has 1 aliphatic rings. The van der Waals surface area contributed by atoms with Gasteiger partial charge in [0.1, 0.15) is 17.2 Å². The Bertz CT molecular complexity index is 588. The van der Waals surface area contributed by atoms with Gasteiger partial charge >= 0.3 is 0 Å². The molecule has 1 aromatic heterocycles. The smallest absolute Gasteiger partial charge is 0.148 e. The van der Waals surface area contributed by atoms with E-state index in [1.165, 1.54) is 21.9 Å². The number of halogens is 2. The van der Waals surface area contributed by atoms with Gasteiger partial charge in [0.15, 0.2) is 0 Å². The molecule has 3 nitrogen and oxygen atoms in total. The van der Waals surface area contributed by atoms with Crippen LogP contribution in [0.2, 0.25) is 5.02 Å². The lowest BCUT2D eigenvalue weighted by Crippen LogP contribution is -2.08.